The molecular weight excluding hydrogens is 566 g/mol. The van der Waals surface area contributed by atoms with Gasteiger partial charge in [-0.05, 0) is 61.9 Å². The largest absolute Gasteiger partial charge is 0.355 e. The second-order valence-electron chi connectivity index (χ2n) is 13.0. The summed E-state index contributed by atoms with van der Waals surface area (Å²) in [5.74, 6) is 1.81. The molecule has 1 spiro atoms. The van der Waals surface area contributed by atoms with Crippen molar-refractivity contribution in [1.29, 1.82) is 0 Å². The fourth-order valence-corrected chi connectivity index (χ4v) is 7.69. The maximum atomic E-state index is 14.3. The van der Waals surface area contributed by atoms with E-state index < -0.39 is 5.41 Å². The number of para-hydroxylation sites is 1. The number of amides is 2. The summed E-state index contributed by atoms with van der Waals surface area (Å²) in [4.78, 5) is 38.5. The van der Waals surface area contributed by atoms with Crippen LogP contribution in [0, 0.1) is 5.41 Å². The third-order valence-electron chi connectivity index (χ3n) is 10.1. The lowest BCUT2D eigenvalue weighted by atomic mass is 9.83. The number of nitrogens with one attached hydrogen (secondary N) is 1. The van der Waals surface area contributed by atoms with E-state index in [1.54, 1.807) is 11.0 Å². The molecule has 2 amide bonds. The smallest absolute Gasteiger partial charge is 0.250 e. The lowest BCUT2D eigenvalue weighted by molar-refractivity contribution is -0.131. The van der Waals surface area contributed by atoms with Gasteiger partial charge < -0.3 is 15.1 Å². The third kappa shape index (κ3) is 4.89. The number of carbonyl (C=O) groups excluding carboxylic acids is 2. The van der Waals surface area contributed by atoms with E-state index in [0.29, 0.717) is 31.9 Å². The maximum absolute atomic E-state index is 14.3. The molecule has 2 atom stereocenters. The standard InChI is InChI=1S/C34H39N9O2/c1-39-23-36-31(37-39)26-10-8-24(9-11-26)25-12-18-40(19-13-25)30(44)20-27-21-34(14-15-35-22-34)33(45)42(27)43-29-7-3-2-6-28(29)32(38-43)41-16-4-5-17-41/h2-3,6-12,23,27,35H,4-5,13-22H2,1H3/t27-,34?/m1/s1. The Morgan fingerprint density at radius 1 is 1.02 bits per heavy atom. The van der Waals surface area contributed by atoms with Crippen LogP contribution in [0.5, 0.6) is 0 Å². The van der Waals surface area contributed by atoms with Gasteiger partial charge in [0.25, 0.3) is 5.91 Å². The predicted molar refractivity (Wildman–Crippen MR) is 173 cm³/mol. The number of fused-ring (bicyclic) bond motifs is 1. The average molecular weight is 606 g/mol. The van der Waals surface area contributed by atoms with E-state index in [0.717, 1.165) is 73.2 Å². The monoisotopic (exact) mass is 605 g/mol. The number of aromatic nitrogens is 5. The Balaban J connectivity index is 1.02. The molecule has 11 heteroatoms. The number of hydrogen-bond acceptors (Lipinski definition) is 7. The number of carbonyl (C=O) groups is 2. The van der Waals surface area contributed by atoms with Crippen molar-refractivity contribution in [2.75, 3.05) is 49.2 Å². The molecule has 4 aromatic rings. The van der Waals surface area contributed by atoms with E-state index in [-0.39, 0.29) is 24.3 Å². The van der Waals surface area contributed by atoms with Gasteiger partial charge in [0.2, 0.25) is 5.91 Å². The van der Waals surface area contributed by atoms with Crippen LogP contribution in [0.4, 0.5) is 5.82 Å². The highest BCUT2D eigenvalue weighted by Crippen LogP contribution is 2.43. The van der Waals surface area contributed by atoms with Crippen LogP contribution in [-0.2, 0) is 16.6 Å². The van der Waals surface area contributed by atoms with E-state index in [1.807, 2.05) is 39.9 Å². The van der Waals surface area contributed by atoms with Gasteiger partial charge in [-0.15, -0.1) is 5.10 Å². The third-order valence-corrected chi connectivity index (χ3v) is 10.1. The van der Waals surface area contributed by atoms with Crippen LogP contribution in [0.15, 0.2) is 60.9 Å². The van der Waals surface area contributed by atoms with E-state index in [2.05, 4.69) is 56.7 Å². The van der Waals surface area contributed by atoms with Gasteiger partial charge in [-0.2, -0.15) is 9.89 Å². The molecule has 2 aromatic heterocycles. The SMILES string of the molecule is Cn1cnc(-c2ccc(C3=CCN(C(=O)C[C@@H]4CC5(CCNC5)C(=O)N4n4nc(N5CCCC5)c5ccccc54)CC3)cc2)n1. The zero-order chi connectivity index (χ0) is 30.5. The lowest BCUT2D eigenvalue weighted by Crippen LogP contribution is -2.48. The van der Waals surface area contributed by atoms with E-state index in [4.69, 9.17) is 5.10 Å². The van der Waals surface area contributed by atoms with Crippen molar-refractivity contribution >= 4 is 34.1 Å². The summed E-state index contributed by atoms with van der Waals surface area (Å²) in [6.07, 6.45) is 8.68. The maximum Gasteiger partial charge on any atom is 0.250 e. The Morgan fingerprint density at radius 3 is 2.53 bits per heavy atom. The van der Waals surface area contributed by atoms with Crippen LogP contribution in [0.1, 0.15) is 44.1 Å². The minimum Gasteiger partial charge on any atom is -0.355 e. The average Bonchev–Trinajstić information content (AvgIpc) is 3.91. The van der Waals surface area contributed by atoms with Gasteiger partial charge in [-0.1, -0.05) is 42.5 Å². The summed E-state index contributed by atoms with van der Waals surface area (Å²) in [6, 6.07) is 16.2. The van der Waals surface area contributed by atoms with Crippen molar-refractivity contribution in [3.63, 3.8) is 0 Å². The summed E-state index contributed by atoms with van der Waals surface area (Å²) in [5, 5.41) is 15.8. The number of benzene rings is 2. The molecule has 4 aliphatic rings. The van der Waals surface area contributed by atoms with E-state index in [1.165, 1.54) is 5.57 Å². The molecule has 45 heavy (non-hydrogen) atoms. The minimum atomic E-state index is -0.488. The highest BCUT2D eigenvalue weighted by atomic mass is 16.2. The van der Waals surface area contributed by atoms with Gasteiger partial charge in [-0.3, -0.25) is 14.3 Å². The minimum absolute atomic E-state index is 0.0803. The van der Waals surface area contributed by atoms with Crippen LogP contribution < -0.4 is 15.2 Å². The van der Waals surface area contributed by atoms with Crippen molar-refractivity contribution in [3.05, 3.63) is 66.5 Å². The van der Waals surface area contributed by atoms with Gasteiger partial charge in [0, 0.05) is 57.1 Å². The van der Waals surface area contributed by atoms with Gasteiger partial charge >= 0.3 is 0 Å². The molecular formula is C34H39N9O2. The molecule has 0 saturated carbocycles. The van der Waals surface area contributed by atoms with Crippen molar-refractivity contribution in [2.24, 2.45) is 12.5 Å². The van der Waals surface area contributed by atoms with Gasteiger partial charge in [0.15, 0.2) is 11.6 Å². The Hall–Kier alpha value is -4.51. The number of aryl methyl sites for hydroxylation is 1. The first-order valence-corrected chi connectivity index (χ1v) is 16.2. The van der Waals surface area contributed by atoms with E-state index >= 15 is 0 Å². The summed E-state index contributed by atoms with van der Waals surface area (Å²) >= 11 is 0. The normalized spacial score (nSPS) is 23.6. The second kappa shape index (κ2) is 11.1. The van der Waals surface area contributed by atoms with Crippen LogP contribution >= 0.6 is 0 Å². The molecule has 3 saturated heterocycles. The highest BCUT2D eigenvalue weighted by Gasteiger charge is 2.55. The Kier molecular flexibility index (Phi) is 6.93. The van der Waals surface area contributed by atoms with E-state index in [9.17, 15) is 9.59 Å². The van der Waals surface area contributed by atoms with Crippen LogP contribution in [0.2, 0.25) is 0 Å². The molecule has 8 rings (SSSR count). The Bertz CT molecular complexity index is 1780. The molecule has 1 unspecified atom stereocenters. The van der Waals surface area contributed by atoms with Gasteiger partial charge in [0.05, 0.1) is 17.0 Å². The van der Waals surface area contributed by atoms with Gasteiger partial charge in [-0.25, -0.2) is 9.99 Å². The molecule has 0 bridgehead atoms. The first-order chi connectivity index (χ1) is 22.0. The van der Waals surface area contributed by atoms with Crippen molar-refractivity contribution < 1.29 is 9.59 Å². The molecule has 232 valence electrons. The predicted octanol–water partition coefficient (Wildman–Crippen LogP) is 3.35. The number of anilines is 1. The zero-order valence-electron chi connectivity index (χ0n) is 25.7. The second-order valence-corrected chi connectivity index (χ2v) is 13.0. The number of nitrogens with zero attached hydrogens (tertiary/aromatic N) is 8. The summed E-state index contributed by atoms with van der Waals surface area (Å²) < 4.78 is 1.70. The highest BCUT2D eigenvalue weighted by molar-refractivity contribution is 5.99. The van der Waals surface area contributed by atoms with Crippen molar-refractivity contribution in [2.45, 2.75) is 44.6 Å². The quantitative estimate of drug-likeness (QED) is 0.360. The molecule has 11 nitrogen and oxygen atoms in total. The molecule has 0 aliphatic carbocycles. The summed E-state index contributed by atoms with van der Waals surface area (Å²) in [6.45, 7) is 4.64. The summed E-state index contributed by atoms with van der Waals surface area (Å²) in [7, 11) is 1.86. The van der Waals surface area contributed by atoms with Crippen LogP contribution in [0.25, 0.3) is 27.9 Å². The fraction of sp³-hybridized carbons (Fsp3) is 0.441. The van der Waals surface area contributed by atoms with Crippen molar-refractivity contribution in [3.8, 4) is 11.4 Å². The molecule has 6 heterocycles. The summed E-state index contributed by atoms with van der Waals surface area (Å²) in [5.41, 5.74) is 3.81. The zero-order valence-corrected chi connectivity index (χ0v) is 25.7. The number of rotatable bonds is 6. The first-order valence-electron chi connectivity index (χ1n) is 16.2. The molecule has 3 fully saturated rings. The molecule has 1 N–H and O–H groups in total. The first kappa shape index (κ1) is 28.0. The Labute approximate surface area is 262 Å². The Morgan fingerprint density at radius 2 is 1.82 bits per heavy atom. The van der Waals surface area contributed by atoms with Crippen LogP contribution in [-0.4, -0.2) is 86.7 Å². The van der Waals surface area contributed by atoms with Crippen LogP contribution in [0.3, 0.4) is 0 Å². The fourth-order valence-electron chi connectivity index (χ4n) is 7.69. The molecule has 0 radical (unpaired) electrons. The lowest BCUT2D eigenvalue weighted by Gasteiger charge is -2.30. The topological polar surface area (TPSA) is 104 Å². The molecule has 4 aliphatic heterocycles. The molecule has 2 aromatic carbocycles. The van der Waals surface area contributed by atoms with Gasteiger partial charge in [0.1, 0.15) is 6.33 Å². The number of hydrogen-bond donors (Lipinski definition) is 1. The van der Waals surface area contributed by atoms with Crippen molar-refractivity contribution in [1.82, 2.24) is 34.9 Å².